The summed E-state index contributed by atoms with van der Waals surface area (Å²) in [4.78, 5) is 29.0. The third kappa shape index (κ3) is 4.79. The van der Waals surface area contributed by atoms with Gasteiger partial charge in [-0.2, -0.15) is 18.3 Å². The van der Waals surface area contributed by atoms with Crippen LogP contribution in [0.5, 0.6) is 0 Å². The Kier molecular flexibility index (Phi) is 5.99. The highest BCUT2D eigenvalue weighted by atomic mass is 19.4. The Bertz CT molecular complexity index is 1230. The van der Waals surface area contributed by atoms with Gasteiger partial charge in [-0.25, -0.2) is 5.43 Å². The molecule has 1 aromatic carbocycles. The number of anilines is 1. The molecule has 2 N–H and O–H groups in total. The number of aryl methyl sites for hydroxylation is 1. The molecular formula is C23H19F3N4O3. The molecule has 0 bridgehead atoms. The van der Waals surface area contributed by atoms with Gasteiger partial charge in [0.2, 0.25) is 0 Å². The molecule has 0 aliphatic heterocycles. The summed E-state index contributed by atoms with van der Waals surface area (Å²) in [6, 6.07) is 9.30. The molecule has 3 aromatic rings. The Morgan fingerprint density at radius 3 is 2.64 bits per heavy atom. The summed E-state index contributed by atoms with van der Waals surface area (Å²) in [5.41, 5.74) is 3.50. The fourth-order valence-electron chi connectivity index (χ4n) is 3.63. The fraction of sp³-hybridized carbons (Fsp3) is 0.217. The first kappa shape index (κ1) is 22.3. The zero-order valence-corrected chi connectivity index (χ0v) is 17.5. The van der Waals surface area contributed by atoms with E-state index in [-0.39, 0.29) is 17.1 Å². The first-order valence-corrected chi connectivity index (χ1v) is 10.1. The van der Waals surface area contributed by atoms with E-state index in [1.807, 2.05) is 0 Å². The molecule has 0 radical (unpaired) electrons. The molecule has 1 aliphatic carbocycles. The average molecular weight is 456 g/mol. The quantitative estimate of drug-likeness (QED) is 0.555. The standard InChI is InChI=1S/C23H19F3N4O3/c1-13-19-16(29-30-21(31)17-8-2-3-11-27-17)9-5-10-18(19)33-20(13)22(32)28-15-7-4-6-14(12-15)23(24,25)26/h2-4,6-8,11-12H,5,9-10H2,1H3,(H,28,32)(H,30,31)/b29-16+. The summed E-state index contributed by atoms with van der Waals surface area (Å²) in [6.45, 7) is 1.67. The molecule has 10 heteroatoms. The summed E-state index contributed by atoms with van der Waals surface area (Å²) in [5, 5.41) is 6.67. The molecule has 0 unspecified atom stereocenters. The van der Waals surface area contributed by atoms with Crippen molar-refractivity contribution in [2.45, 2.75) is 32.4 Å². The summed E-state index contributed by atoms with van der Waals surface area (Å²) in [5.74, 6) is -0.612. The largest absolute Gasteiger partial charge is 0.455 e. The molecule has 33 heavy (non-hydrogen) atoms. The van der Waals surface area contributed by atoms with Crippen molar-refractivity contribution in [3.05, 3.63) is 82.6 Å². The van der Waals surface area contributed by atoms with Crippen molar-refractivity contribution in [3.63, 3.8) is 0 Å². The second-order valence-corrected chi connectivity index (χ2v) is 7.46. The number of halogens is 3. The minimum absolute atomic E-state index is 0.000104. The van der Waals surface area contributed by atoms with Gasteiger partial charge in [0.1, 0.15) is 11.5 Å². The second-order valence-electron chi connectivity index (χ2n) is 7.46. The van der Waals surface area contributed by atoms with Crippen LogP contribution in [0.25, 0.3) is 0 Å². The number of hydrazone groups is 1. The summed E-state index contributed by atoms with van der Waals surface area (Å²) in [6.07, 6.45) is -1.19. The van der Waals surface area contributed by atoms with Gasteiger partial charge in [0.15, 0.2) is 5.76 Å². The first-order chi connectivity index (χ1) is 15.7. The Morgan fingerprint density at radius 1 is 1.09 bits per heavy atom. The van der Waals surface area contributed by atoms with Gasteiger partial charge in [-0.05, 0) is 50.1 Å². The van der Waals surface area contributed by atoms with E-state index in [9.17, 15) is 22.8 Å². The molecule has 2 heterocycles. The second kappa shape index (κ2) is 8.89. The zero-order chi connectivity index (χ0) is 23.6. The van der Waals surface area contributed by atoms with Gasteiger partial charge in [0.05, 0.1) is 11.3 Å². The van der Waals surface area contributed by atoms with Crippen molar-refractivity contribution in [1.29, 1.82) is 0 Å². The van der Waals surface area contributed by atoms with Crippen LogP contribution >= 0.6 is 0 Å². The van der Waals surface area contributed by atoms with Crippen molar-refractivity contribution in [2.75, 3.05) is 5.32 Å². The highest BCUT2D eigenvalue weighted by Crippen LogP contribution is 2.32. The van der Waals surface area contributed by atoms with Gasteiger partial charge in [0.25, 0.3) is 11.8 Å². The molecule has 2 amide bonds. The summed E-state index contributed by atoms with van der Waals surface area (Å²) in [7, 11) is 0. The van der Waals surface area contributed by atoms with Crippen molar-refractivity contribution >= 4 is 23.2 Å². The van der Waals surface area contributed by atoms with Crippen molar-refractivity contribution < 1.29 is 27.2 Å². The number of carbonyl (C=O) groups is 2. The van der Waals surface area contributed by atoms with Gasteiger partial charge in [-0.15, -0.1) is 0 Å². The molecule has 0 spiro atoms. The van der Waals surface area contributed by atoms with Gasteiger partial charge in [-0.3, -0.25) is 14.6 Å². The van der Waals surface area contributed by atoms with Crippen LogP contribution in [0.2, 0.25) is 0 Å². The maximum atomic E-state index is 12.9. The van der Waals surface area contributed by atoms with Crippen molar-refractivity contribution in [3.8, 4) is 0 Å². The number of carbonyl (C=O) groups excluding carboxylic acids is 2. The molecule has 0 saturated carbocycles. The molecule has 0 fully saturated rings. The number of alkyl halides is 3. The number of furan rings is 1. The number of hydrogen-bond donors (Lipinski definition) is 2. The van der Waals surface area contributed by atoms with E-state index in [0.717, 1.165) is 12.1 Å². The Labute approximate surface area is 186 Å². The number of aromatic nitrogens is 1. The lowest BCUT2D eigenvalue weighted by atomic mass is 9.93. The third-order valence-corrected chi connectivity index (χ3v) is 5.17. The normalized spacial score (nSPS) is 14.6. The van der Waals surface area contributed by atoms with Crippen LogP contribution in [0.4, 0.5) is 18.9 Å². The molecule has 0 atom stereocenters. The van der Waals surface area contributed by atoms with E-state index in [1.165, 1.54) is 18.3 Å². The first-order valence-electron chi connectivity index (χ1n) is 10.1. The smallest absolute Gasteiger partial charge is 0.416 e. The molecular weight excluding hydrogens is 437 g/mol. The zero-order valence-electron chi connectivity index (χ0n) is 17.5. The van der Waals surface area contributed by atoms with Gasteiger partial charge < -0.3 is 9.73 Å². The Hall–Kier alpha value is -3.95. The minimum atomic E-state index is -4.52. The minimum Gasteiger partial charge on any atom is -0.455 e. The lowest BCUT2D eigenvalue weighted by Gasteiger charge is -2.13. The number of nitrogens with one attached hydrogen (secondary N) is 2. The SMILES string of the molecule is Cc1c(C(=O)Nc2cccc(C(F)(F)F)c2)oc2c1/C(=N/NC(=O)c1ccccn1)CCC2. The molecule has 170 valence electrons. The van der Waals surface area contributed by atoms with E-state index < -0.39 is 23.6 Å². The highest BCUT2D eigenvalue weighted by molar-refractivity contribution is 6.09. The van der Waals surface area contributed by atoms with Gasteiger partial charge >= 0.3 is 6.18 Å². The van der Waals surface area contributed by atoms with E-state index in [2.05, 4.69) is 20.8 Å². The van der Waals surface area contributed by atoms with Crippen LogP contribution < -0.4 is 10.7 Å². The number of benzene rings is 1. The summed E-state index contributed by atoms with van der Waals surface area (Å²) < 4.78 is 44.6. The van der Waals surface area contributed by atoms with E-state index in [0.29, 0.717) is 41.9 Å². The predicted molar refractivity (Wildman–Crippen MR) is 114 cm³/mol. The number of rotatable bonds is 4. The van der Waals surface area contributed by atoms with E-state index >= 15 is 0 Å². The Balaban J connectivity index is 1.56. The maximum absolute atomic E-state index is 12.9. The third-order valence-electron chi connectivity index (χ3n) is 5.17. The molecule has 2 aromatic heterocycles. The Morgan fingerprint density at radius 2 is 1.91 bits per heavy atom. The molecule has 0 saturated heterocycles. The number of hydrogen-bond acceptors (Lipinski definition) is 5. The van der Waals surface area contributed by atoms with Crippen LogP contribution in [0.3, 0.4) is 0 Å². The van der Waals surface area contributed by atoms with Crippen LogP contribution in [0.1, 0.15) is 56.3 Å². The lowest BCUT2D eigenvalue weighted by Crippen LogP contribution is -2.22. The number of nitrogens with zero attached hydrogens (tertiary/aromatic N) is 2. The fourth-order valence-corrected chi connectivity index (χ4v) is 3.63. The van der Waals surface area contributed by atoms with Crippen molar-refractivity contribution in [1.82, 2.24) is 10.4 Å². The van der Waals surface area contributed by atoms with Crippen LogP contribution in [0, 0.1) is 6.92 Å². The number of pyridine rings is 1. The maximum Gasteiger partial charge on any atom is 0.416 e. The monoisotopic (exact) mass is 456 g/mol. The predicted octanol–water partition coefficient (Wildman–Crippen LogP) is 4.72. The highest BCUT2D eigenvalue weighted by Gasteiger charge is 2.31. The van der Waals surface area contributed by atoms with E-state index in [4.69, 9.17) is 4.42 Å². The van der Waals surface area contributed by atoms with Crippen LogP contribution in [-0.4, -0.2) is 22.5 Å². The summed E-state index contributed by atoms with van der Waals surface area (Å²) >= 11 is 0. The number of fused-ring (bicyclic) bond motifs is 1. The molecule has 1 aliphatic rings. The van der Waals surface area contributed by atoms with Crippen molar-refractivity contribution in [2.24, 2.45) is 5.10 Å². The molecule has 7 nitrogen and oxygen atoms in total. The van der Waals surface area contributed by atoms with Gasteiger partial charge in [-0.1, -0.05) is 12.1 Å². The average Bonchev–Trinajstić information content (AvgIpc) is 3.15. The molecule has 4 rings (SSSR count). The van der Waals surface area contributed by atoms with Gasteiger partial charge in [0, 0.05) is 29.4 Å². The van der Waals surface area contributed by atoms with Crippen LogP contribution in [0.15, 0.2) is 58.2 Å². The lowest BCUT2D eigenvalue weighted by molar-refractivity contribution is -0.137. The topological polar surface area (TPSA) is 96.6 Å². The van der Waals surface area contributed by atoms with E-state index in [1.54, 1.807) is 25.1 Å². The number of amides is 2. The van der Waals surface area contributed by atoms with Crippen LogP contribution in [-0.2, 0) is 12.6 Å².